The number of carbonyl (C=O) groups is 1. The maximum atomic E-state index is 12.3. The van der Waals surface area contributed by atoms with Gasteiger partial charge in [-0.25, -0.2) is 4.79 Å². The van der Waals surface area contributed by atoms with E-state index in [0.717, 1.165) is 24.8 Å². The van der Waals surface area contributed by atoms with Gasteiger partial charge in [0.15, 0.2) is 0 Å². The first-order valence-corrected chi connectivity index (χ1v) is 10.6. The molecule has 0 fully saturated rings. The van der Waals surface area contributed by atoms with Crippen LogP contribution in [0.15, 0.2) is 18.2 Å². The Labute approximate surface area is 159 Å². The van der Waals surface area contributed by atoms with E-state index in [4.69, 9.17) is 9.47 Å². The predicted molar refractivity (Wildman–Crippen MR) is 107 cm³/mol. The number of esters is 1. The van der Waals surface area contributed by atoms with Gasteiger partial charge >= 0.3 is 5.97 Å². The summed E-state index contributed by atoms with van der Waals surface area (Å²) in [5.41, 5.74) is 1.68. The van der Waals surface area contributed by atoms with Gasteiger partial charge in [0.2, 0.25) is 0 Å². The average Bonchev–Trinajstić information content (AvgIpc) is 2.65. The monoisotopic (exact) mass is 360 g/mol. The van der Waals surface area contributed by atoms with Crippen LogP contribution in [0.2, 0.25) is 0 Å². The zero-order valence-corrected chi connectivity index (χ0v) is 16.7. The average molecular weight is 361 g/mol. The minimum atomic E-state index is -0.225. The highest BCUT2D eigenvalue weighted by Crippen LogP contribution is 2.30. The molecule has 1 aromatic carbocycles. The normalized spacial score (nSPS) is 16.2. The van der Waals surface area contributed by atoms with Gasteiger partial charge < -0.3 is 9.47 Å². The topological polar surface area (TPSA) is 35.5 Å². The fourth-order valence-corrected chi connectivity index (χ4v) is 3.84. The van der Waals surface area contributed by atoms with Gasteiger partial charge in [0, 0.05) is 6.42 Å². The SMILES string of the molecule is CCCCCCCCCCCCCC1Cc2cccc(OC)c2C(=O)O1. The maximum absolute atomic E-state index is 12.3. The molecule has 0 saturated carbocycles. The Hall–Kier alpha value is -1.51. The van der Waals surface area contributed by atoms with Gasteiger partial charge in [0.1, 0.15) is 17.4 Å². The van der Waals surface area contributed by atoms with Crippen LogP contribution in [0.4, 0.5) is 0 Å². The van der Waals surface area contributed by atoms with E-state index in [1.807, 2.05) is 18.2 Å². The lowest BCUT2D eigenvalue weighted by Gasteiger charge is -2.25. The fourth-order valence-electron chi connectivity index (χ4n) is 3.84. The Bertz CT molecular complexity index is 538. The van der Waals surface area contributed by atoms with Crippen LogP contribution in [-0.4, -0.2) is 19.2 Å². The molecule has 1 aromatic rings. The van der Waals surface area contributed by atoms with Gasteiger partial charge in [-0.15, -0.1) is 0 Å². The van der Waals surface area contributed by atoms with E-state index in [-0.39, 0.29) is 12.1 Å². The van der Waals surface area contributed by atoms with Crippen molar-refractivity contribution >= 4 is 5.97 Å². The summed E-state index contributed by atoms with van der Waals surface area (Å²) >= 11 is 0. The van der Waals surface area contributed by atoms with Gasteiger partial charge in [0.05, 0.1) is 7.11 Å². The summed E-state index contributed by atoms with van der Waals surface area (Å²) in [5.74, 6) is 0.400. The molecule has 1 aliphatic heterocycles. The van der Waals surface area contributed by atoms with E-state index in [9.17, 15) is 4.79 Å². The molecule has 0 spiro atoms. The molecule has 0 aromatic heterocycles. The van der Waals surface area contributed by atoms with Gasteiger partial charge in [-0.05, 0) is 24.5 Å². The first kappa shape index (κ1) is 20.8. The minimum absolute atomic E-state index is 0.0284. The van der Waals surface area contributed by atoms with Crippen LogP contribution < -0.4 is 4.74 Å². The first-order valence-electron chi connectivity index (χ1n) is 10.6. The number of hydrogen-bond donors (Lipinski definition) is 0. The first-order chi connectivity index (χ1) is 12.8. The number of rotatable bonds is 13. The molecule has 0 radical (unpaired) electrons. The molecule has 0 N–H and O–H groups in total. The van der Waals surface area contributed by atoms with Crippen molar-refractivity contribution in [1.29, 1.82) is 0 Å². The number of cyclic esters (lactones) is 1. The van der Waals surface area contributed by atoms with E-state index in [2.05, 4.69) is 6.92 Å². The summed E-state index contributed by atoms with van der Waals surface area (Å²) in [6.07, 6.45) is 16.6. The molecule has 1 unspecified atom stereocenters. The van der Waals surface area contributed by atoms with E-state index < -0.39 is 0 Å². The number of fused-ring (bicyclic) bond motifs is 1. The molecule has 0 saturated heterocycles. The van der Waals surface area contributed by atoms with Crippen molar-refractivity contribution in [1.82, 2.24) is 0 Å². The van der Waals surface area contributed by atoms with Crippen LogP contribution in [0.25, 0.3) is 0 Å². The number of benzene rings is 1. The van der Waals surface area contributed by atoms with Gasteiger partial charge in [0.25, 0.3) is 0 Å². The van der Waals surface area contributed by atoms with Crippen molar-refractivity contribution in [3.63, 3.8) is 0 Å². The zero-order valence-electron chi connectivity index (χ0n) is 16.7. The summed E-state index contributed by atoms with van der Waals surface area (Å²) in [7, 11) is 1.60. The predicted octanol–water partition coefficient (Wildman–Crippen LogP) is 6.48. The quantitative estimate of drug-likeness (QED) is 0.298. The molecule has 1 atom stereocenters. The summed E-state index contributed by atoms with van der Waals surface area (Å²) in [6.45, 7) is 2.27. The van der Waals surface area contributed by atoms with Crippen molar-refractivity contribution in [2.75, 3.05) is 7.11 Å². The molecule has 146 valence electrons. The van der Waals surface area contributed by atoms with Crippen LogP contribution >= 0.6 is 0 Å². The van der Waals surface area contributed by atoms with E-state index in [1.54, 1.807) is 7.11 Å². The summed E-state index contributed by atoms with van der Waals surface area (Å²) in [5, 5.41) is 0. The number of carbonyl (C=O) groups excluding carboxylic acids is 1. The van der Waals surface area contributed by atoms with Crippen LogP contribution in [0.5, 0.6) is 5.75 Å². The van der Waals surface area contributed by atoms with E-state index in [1.165, 1.54) is 64.2 Å². The van der Waals surface area contributed by atoms with Gasteiger partial charge in [-0.2, -0.15) is 0 Å². The van der Waals surface area contributed by atoms with Crippen LogP contribution in [0.3, 0.4) is 0 Å². The highest BCUT2D eigenvalue weighted by atomic mass is 16.5. The summed E-state index contributed by atoms with van der Waals surface area (Å²) in [6, 6.07) is 5.80. The van der Waals surface area contributed by atoms with Crippen LogP contribution in [0, 0.1) is 0 Å². The Balaban J connectivity index is 1.56. The second-order valence-electron chi connectivity index (χ2n) is 7.55. The third-order valence-electron chi connectivity index (χ3n) is 5.39. The molecule has 1 aliphatic rings. The van der Waals surface area contributed by atoms with Crippen LogP contribution in [0.1, 0.15) is 99.9 Å². The number of ether oxygens (including phenoxy) is 2. The van der Waals surface area contributed by atoms with E-state index in [0.29, 0.717) is 11.3 Å². The Morgan fingerprint density at radius 1 is 0.962 bits per heavy atom. The minimum Gasteiger partial charge on any atom is -0.496 e. The van der Waals surface area contributed by atoms with Gasteiger partial charge in [-0.1, -0.05) is 83.3 Å². The van der Waals surface area contributed by atoms with Crippen molar-refractivity contribution in [3.8, 4) is 5.75 Å². The number of methoxy groups -OCH3 is 1. The Kier molecular flexibility index (Phi) is 9.58. The van der Waals surface area contributed by atoms with Crippen LogP contribution in [-0.2, 0) is 11.2 Å². The molecule has 0 bridgehead atoms. The lowest BCUT2D eigenvalue weighted by atomic mass is 9.95. The molecule has 2 rings (SSSR count). The number of unbranched alkanes of at least 4 members (excludes halogenated alkanes) is 10. The molecule has 0 aliphatic carbocycles. The van der Waals surface area contributed by atoms with Crippen molar-refractivity contribution in [3.05, 3.63) is 29.3 Å². The van der Waals surface area contributed by atoms with E-state index >= 15 is 0 Å². The summed E-state index contributed by atoms with van der Waals surface area (Å²) < 4.78 is 10.9. The molecule has 0 amide bonds. The second kappa shape index (κ2) is 12.0. The molecule has 3 heteroatoms. The third-order valence-corrected chi connectivity index (χ3v) is 5.39. The second-order valence-corrected chi connectivity index (χ2v) is 7.55. The number of hydrogen-bond acceptors (Lipinski definition) is 3. The largest absolute Gasteiger partial charge is 0.496 e. The molecule has 3 nitrogen and oxygen atoms in total. The van der Waals surface area contributed by atoms with Crippen molar-refractivity contribution in [2.24, 2.45) is 0 Å². The fraction of sp³-hybridized carbons (Fsp3) is 0.696. The molecular formula is C23H36O3. The smallest absolute Gasteiger partial charge is 0.342 e. The Morgan fingerprint density at radius 3 is 2.19 bits per heavy atom. The lowest BCUT2D eigenvalue weighted by molar-refractivity contribution is 0.0227. The molecule has 1 heterocycles. The lowest BCUT2D eigenvalue weighted by Crippen LogP contribution is -2.28. The highest BCUT2D eigenvalue weighted by Gasteiger charge is 2.28. The molecular weight excluding hydrogens is 324 g/mol. The Morgan fingerprint density at radius 2 is 1.58 bits per heavy atom. The zero-order chi connectivity index (χ0) is 18.6. The molecule has 26 heavy (non-hydrogen) atoms. The summed E-state index contributed by atoms with van der Waals surface area (Å²) in [4.78, 5) is 12.3. The van der Waals surface area contributed by atoms with Crippen molar-refractivity contribution < 1.29 is 14.3 Å². The maximum Gasteiger partial charge on any atom is 0.342 e. The van der Waals surface area contributed by atoms with Gasteiger partial charge in [-0.3, -0.25) is 0 Å². The van der Waals surface area contributed by atoms with Crippen molar-refractivity contribution in [2.45, 2.75) is 96.5 Å². The standard InChI is InChI=1S/C23H36O3/c1-3-4-5-6-7-8-9-10-11-12-13-16-20-18-19-15-14-17-21(25-2)22(19)23(24)26-20/h14-15,17,20H,3-13,16,18H2,1-2H3. The highest BCUT2D eigenvalue weighted by molar-refractivity contribution is 5.95. The third kappa shape index (κ3) is 6.66.